The predicted molar refractivity (Wildman–Crippen MR) is 81.7 cm³/mol. The molecule has 1 atom stereocenters. The smallest absolute Gasteiger partial charge is 0.164 e. The zero-order valence-corrected chi connectivity index (χ0v) is 12.4. The molecule has 4 heteroatoms. The fourth-order valence-electron chi connectivity index (χ4n) is 2.14. The largest absolute Gasteiger partial charge is 0.353 e. The summed E-state index contributed by atoms with van der Waals surface area (Å²) in [6, 6.07) is 9.54. The molecule has 1 aromatic carbocycles. The van der Waals surface area contributed by atoms with Gasteiger partial charge in [0.15, 0.2) is 5.17 Å². The SMILES string of the molecule is CC(C)CC1CN(C)C(=Nc2ccc(C#N)cc2)S1. The lowest BCUT2D eigenvalue weighted by Gasteiger charge is -2.11. The van der Waals surface area contributed by atoms with Gasteiger partial charge in [0.2, 0.25) is 0 Å². The van der Waals surface area contributed by atoms with Gasteiger partial charge in [-0.3, -0.25) is 0 Å². The predicted octanol–water partition coefficient (Wildman–Crippen LogP) is 3.64. The zero-order valence-electron chi connectivity index (χ0n) is 11.6. The fraction of sp³-hybridized carbons (Fsp3) is 0.467. The van der Waals surface area contributed by atoms with Crippen molar-refractivity contribution in [2.24, 2.45) is 10.9 Å². The van der Waals surface area contributed by atoms with Crippen LogP contribution in [0, 0.1) is 17.2 Å². The summed E-state index contributed by atoms with van der Waals surface area (Å²) in [4.78, 5) is 6.89. The minimum absolute atomic E-state index is 0.641. The second-order valence-electron chi connectivity index (χ2n) is 5.30. The number of aliphatic imine (C=N–C) groups is 1. The Morgan fingerprint density at radius 1 is 1.42 bits per heavy atom. The van der Waals surface area contributed by atoms with Crippen molar-refractivity contribution in [3.8, 4) is 6.07 Å². The third-order valence-corrected chi connectivity index (χ3v) is 4.32. The Bertz CT molecular complexity index is 499. The van der Waals surface area contributed by atoms with Crippen molar-refractivity contribution in [2.75, 3.05) is 13.6 Å². The van der Waals surface area contributed by atoms with Crippen LogP contribution in [-0.4, -0.2) is 28.9 Å². The van der Waals surface area contributed by atoms with Gasteiger partial charge >= 0.3 is 0 Å². The highest BCUT2D eigenvalue weighted by Gasteiger charge is 2.26. The molecule has 1 aliphatic heterocycles. The summed E-state index contributed by atoms with van der Waals surface area (Å²) in [5.41, 5.74) is 1.59. The molecule has 0 amide bonds. The van der Waals surface area contributed by atoms with Crippen LogP contribution in [0.1, 0.15) is 25.8 Å². The molecule has 0 N–H and O–H groups in total. The minimum Gasteiger partial charge on any atom is -0.353 e. The van der Waals surface area contributed by atoms with Crippen LogP contribution >= 0.6 is 11.8 Å². The molecular formula is C15H19N3S. The molecule has 0 bridgehead atoms. The Morgan fingerprint density at radius 2 is 2.11 bits per heavy atom. The molecule has 19 heavy (non-hydrogen) atoms. The van der Waals surface area contributed by atoms with Crippen LogP contribution in [0.4, 0.5) is 5.69 Å². The van der Waals surface area contributed by atoms with E-state index in [2.05, 4.69) is 36.9 Å². The summed E-state index contributed by atoms with van der Waals surface area (Å²) in [6.45, 7) is 5.59. The third kappa shape index (κ3) is 3.74. The van der Waals surface area contributed by atoms with E-state index in [0.717, 1.165) is 23.3 Å². The van der Waals surface area contributed by atoms with Gasteiger partial charge in [0.25, 0.3) is 0 Å². The van der Waals surface area contributed by atoms with Crippen LogP contribution in [0.15, 0.2) is 29.3 Å². The molecule has 0 aromatic heterocycles. The normalized spacial score (nSPS) is 21.1. The van der Waals surface area contributed by atoms with Gasteiger partial charge in [-0.1, -0.05) is 25.6 Å². The molecule has 0 spiro atoms. The van der Waals surface area contributed by atoms with Crippen molar-refractivity contribution < 1.29 is 0 Å². The first-order valence-corrected chi connectivity index (χ1v) is 7.43. The van der Waals surface area contributed by atoms with Crippen LogP contribution in [0.3, 0.4) is 0 Å². The Kier molecular flexibility index (Phi) is 4.49. The molecule has 1 aliphatic rings. The molecule has 1 aromatic rings. The van der Waals surface area contributed by atoms with Gasteiger partial charge in [0.1, 0.15) is 0 Å². The summed E-state index contributed by atoms with van der Waals surface area (Å²) in [7, 11) is 2.09. The minimum atomic E-state index is 0.641. The summed E-state index contributed by atoms with van der Waals surface area (Å²) in [5.74, 6) is 0.722. The molecule has 0 aliphatic carbocycles. The fourth-order valence-corrected chi connectivity index (χ4v) is 3.63. The van der Waals surface area contributed by atoms with Crippen molar-refractivity contribution in [1.29, 1.82) is 5.26 Å². The lowest BCUT2D eigenvalue weighted by atomic mass is 10.1. The van der Waals surface area contributed by atoms with Crippen molar-refractivity contribution in [2.45, 2.75) is 25.5 Å². The highest BCUT2D eigenvalue weighted by atomic mass is 32.2. The lowest BCUT2D eigenvalue weighted by Crippen LogP contribution is -2.20. The van der Waals surface area contributed by atoms with Gasteiger partial charge in [-0.05, 0) is 36.6 Å². The highest BCUT2D eigenvalue weighted by Crippen LogP contribution is 2.31. The molecule has 1 unspecified atom stereocenters. The average Bonchev–Trinajstić information content (AvgIpc) is 2.69. The molecule has 100 valence electrons. The van der Waals surface area contributed by atoms with Crippen molar-refractivity contribution >= 4 is 22.6 Å². The van der Waals surface area contributed by atoms with Gasteiger partial charge in [0.05, 0.1) is 17.3 Å². The molecule has 1 heterocycles. The van der Waals surface area contributed by atoms with E-state index in [1.54, 1.807) is 0 Å². The first-order valence-electron chi connectivity index (χ1n) is 6.55. The molecule has 0 saturated carbocycles. The van der Waals surface area contributed by atoms with Crippen molar-refractivity contribution in [1.82, 2.24) is 4.90 Å². The molecule has 1 saturated heterocycles. The van der Waals surface area contributed by atoms with Gasteiger partial charge in [-0.15, -0.1) is 0 Å². The van der Waals surface area contributed by atoms with E-state index in [9.17, 15) is 0 Å². The van der Waals surface area contributed by atoms with Crippen LogP contribution < -0.4 is 0 Å². The van der Waals surface area contributed by atoms with Gasteiger partial charge in [-0.25, -0.2) is 4.99 Å². The van der Waals surface area contributed by atoms with Crippen LogP contribution in [0.2, 0.25) is 0 Å². The number of hydrogen-bond donors (Lipinski definition) is 0. The quantitative estimate of drug-likeness (QED) is 0.844. The van der Waals surface area contributed by atoms with Crippen molar-refractivity contribution in [3.63, 3.8) is 0 Å². The maximum absolute atomic E-state index is 8.78. The van der Waals surface area contributed by atoms with Crippen LogP contribution in [0.25, 0.3) is 0 Å². The number of thioether (sulfide) groups is 1. The second-order valence-corrected chi connectivity index (χ2v) is 6.57. The monoisotopic (exact) mass is 273 g/mol. The Hall–Kier alpha value is -1.47. The second kappa shape index (κ2) is 6.12. The van der Waals surface area contributed by atoms with E-state index in [0.29, 0.717) is 10.8 Å². The Balaban J connectivity index is 2.08. The standard InChI is InChI=1S/C15H19N3S/c1-11(2)8-14-10-18(3)15(19-14)17-13-6-4-12(9-16)5-7-13/h4-7,11,14H,8,10H2,1-3H3. The zero-order chi connectivity index (χ0) is 13.8. The van der Waals surface area contributed by atoms with Crippen molar-refractivity contribution in [3.05, 3.63) is 29.8 Å². The van der Waals surface area contributed by atoms with Crippen LogP contribution in [-0.2, 0) is 0 Å². The molecular weight excluding hydrogens is 254 g/mol. The topological polar surface area (TPSA) is 39.4 Å². The maximum Gasteiger partial charge on any atom is 0.164 e. The number of benzene rings is 1. The lowest BCUT2D eigenvalue weighted by molar-refractivity contribution is 0.475. The van der Waals surface area contributed by atoms with E-state index in [1.807, 2.05) is 36.0 Å². The van der Waals surface area contributed by atoms with E-state index in [-0.39, 0.29) is 0 Å². The van der Waals surface area contributed by atoms with E-state index in [1.165, 1.54) is 6.42 Å². The number of hydrogen-bond acceptors (Lipinski definition) is 3. The first kappa shape index (κ1) is 14.0. The molecule has 1 fully saturated rings. The van der Waals surface area contributed by atoms with E-state index in [4.69, 9.17) is 5.26 Å². The Labute approximate surface area is 119 Å². The van der Waals surface area contributed by atoms with E-state index < -0.39 is 0 Å². The highest BCUT2D eigenvalue weighted by molar-refractivity contribution is 8.14. The number of amidine groups is 1. The first-order chi connectivity index (χ1) is 9.08. The molecule has 0 radical (unpaired) electrons. The maximum atomic E-state index is 8.78. The summed E-state index contributed by atoms with van der Waals surface area (Å²) < 4.78 is 0. The average molecular weight is 273 g/mol. The number of nitriles is 1. The summed E-state index contributed by atoms with van der Waals surface area (Å²) in [6.07, 6.45) is 1.22. The third-order valence-electron chi connectivity index (χ3n) is 3.03. The van der Waals surface area contributed by atoms with E-state index >= 15 is 0 Å². The number of nitrogens with zero attached hydrogens (tertiary/aromatic N) is 3. The Morgan fingerprint density at radius 3 is 2.68 bits per heavy atom. The summed E-state index contributed by atoms with van der Waals surface area (Å²) in [5, 5.41) is 10.5. The van der Waals surface area contributed by atoms with Gasteiger partial charge in [0, 0.05) is 18.8 Å². The van der Waals surface area contributed by atoms with Gasteiger partial charge < -0.3 is 4.90 Å². The molecule has 2 rings (SSSR count). The van der Waals surface area contributed by atoms with Crippen LogP contribution in [0.5, 0.6) is 0 Å². The molecule has 3 nitrogen and oxygen atoms in total. The van der Waals surface area contributed by atoms with Gasteiger partial charge in [-0.2, -0.15) is 5.26 Å². The summed E-state index contributed by atoms with van der Waals surface area (Å²) >= 11 is 1.86. The number of rotatable bonds is 3.